The van der Waals surface area contributed by atoms with Gasteiger partial charge in [-0.2, -0.15) is 0 Å². The van der Waals surface area contributed by atoms with Crippen molar-refractivity contribution in [3.05, 3.63) is 36.0 Å². The number of nitrogens with zero attached hydrogens (tertiary/aromatic N) is 4. The molecule has 22 heavy (non-hydrogen) atoms. The van der Waals surface area contributed by atoms with Gasteiger partial charge in [0.25, 0.3) is 0 Å². The number of thioether (sulfide) groups is 1. The van der Waals surface area contributed by atoms with E-state index in [-0.39, 0.29) is 0 Å². The molecule has 2 heterocycles. The smallest absolute Gasteiger partial charge is 0.226 e. The summed E-state index contributed by atoms with van der Waals surface area (Å²) in [4.78, 5) is 0. The second kappa shape index (κ2) is 6.75. The molecule has 0 fully saturated rings. The average Bonchev–Trinajstić information content (AvgIpc) is 3.15. The highest BCUT2D eigenvalue weighted by molar-refractivity contribution is 8.00. The molecule has 9 heteroatoms. The van der Waals surface area contributed by atoms with Crippen LogP contribution in [0.4, 0.5) is 10.8 Å². The first kappa shape index (κ1) is 14.8. The summed E-state index contributed by atoms with van der Waals surface area (Å²) in [5.74, 6) is 2.55. The zero-order valence-electron chi connectivity index (χ0n) is 11.9. The lowest BCUT2D eigenvalue weighted by Gasteiger charge is -2.03. The van der Waals surface area contributed by atoms with E-state index < -0.39 is 0 Å². The minimum atomic E-state index is 0.565. The van der Waals surface area contributed by atoms with Crippen LogP contribution >= 0.6 is 23.1 Å². The first-order valence-electron chi connectivity index (χ1n) is 6.39. The Kier molecular flexibility index (Phi) is 4.54. The van der Waals surface area contributed by atoms with Crippen LogP contribution in [0.1, 0.15) is 11.8 Å². The van der Waals surface area contributed by atoms with E-state index in [9.17, 15) is 0 Å². The van der Waals surface area contributed by atoms with Gasteiger partial charge in [0, 0.05) is 12.6 Å². The standard InChI is InChI=1S/C13H13N5O2S2/c1-8-15-16-11(20-8)7-21-13-18-17-12(22-13)14-9-3-5-10(19-2)6-4-9/h3-6H,7H2,1-2H3,(H,14,17). The highest BCUT2D eigenvalue weighted by atomic mass is 32.2. The quantitative estimate of drug-likeness (QED) is 0.687. The van der Waals surface area contributed by atoms with Crippen molar-refractivity contribution >= 4 is 33.9 Å². The molecule has 0 atom stereocenters. The fraction of sp³-hybridized carbons (Fsp3) is 0.231. The lowest BCUT2D eigenvalue weighted by Crippen LogP contribution is -1.89. The number of hydrogen-bond acceptors (Lipinski definition) is 9. The van der Waals surface area contributed by atoms with E-state index in [1.165, 1.54) is 23.1 Å². The second-order valence-electron chi connectivity index (χ2n) is 4.23. The molecule has 3 rings (SSSR count). The van der Waals surface area contributed by atoms with Crippen LogP contribution in [0.3, 0.4) is 0 Å². The van der Waals surface area contributed by atoms with Gasteiger partial charge in [-0.3, -0.25) is 0 Å². The number of rotatable bonds is 6. The Morgan fingerprint density at radius 3 is 2.68 bits per heavy atom. The van der Waals surface area contributed by atoms with Crippen molar-refractivity contribution in [1.82, 2.24) is 20.4 Å². The number of benzene rings is 1. The lowest BCUT2D eigenvalue weighted by molar-refractivity contribution is 0.415. The van der Waals surface area contributed by atoms with Gasteiger partial charge in [-0.05, 0) is 24.3 Å². The molecular weight excluding hydrogens is 322 g/mol. The Labute approximate surface area is 135 Å². The van der Waals surface area contributed by atoms with Gasteiger partial charge in [0.15, 0.2) is 4.34 Å². The molecule has 0 saturated heterocycles. The van der Waals surface area contributed by atoms with Crippen molar-refractivity contribution < 1.29 is 9.15 Å². The fourth-order valence-electron chi connectivity index (χ4n) is 1.64. The molecule has 1 aromatic carbocycles. The molecule has 114 valence electrons. The van der Waals surface area contributed by atoms with E-state index in [4.69, 9.17) is 9.15 Å². The Morgan fingerprint density at radius 2 is 2.00 bits per heavy atom. The summed E-state index contributed by atoms with van der Waals surface area (Å²) in [6.45, 7) is 1.77. The lowest BCUT2D eigenvalue weighted by atomic mass is 10.3. The van der Waals surface area contributed by atoms with Gasteiger partial charge in [-0.15, -0.1) is 20.4 Å². The van der Waals surface area contributed by atoms with Crippen molar-refractivity contribution in [3.8, 4) is 5.75 Å². The number of anilines is 2. The van der Waals surface area contributed by atoms with E-state index in [1.54, 1.807) is 14.0 Å². The van der Waals surface area contributed by atoms with Crippen LogP contribution in [0.15, 0.2) is 33.0 Å². The number of aryl methyl sites for hydroxylation is 1. The SMILES string of the molecule is COc1ccc(Nc2nnc(SCc3nnc(C)o3)s2)cc1. The van der Waals surface area contributed by atoms with Crippen molar-refractivity contribution in [2.75, 3.05) is 12.4 Å². The van der Waals surface area contributed by atoms with Gasteiger partial charge in [-0.1, -0.05) is 23.1 Å². The molecule has 3 aromatic rings. The number of ether oxygens (including phenoxy) is 1. The first-order chi connectivity index (χ1) is 10.7. The minimum absolute atomic E-state index is 0.565. The minimum Gasteiger partial charge on any atom is -0.497 e. The summed E-state index contributed by atoms with van der Waals surface area (Å²) in [5.41, 5.74) is 0.932. The molecule has 1 N–H and O–H groups in total. The summed E-state index contributed by atoms with van der Waals surface area (Å²) < 4.78 is 11.3. The molecule has 2 aromatic heterocycles. The second-order valence-corrected chi connectivity index (χ2v) is 6.43. The van der Waals surface area contributed by atoms with Gasteiger partial charge in [0.1, 0.15) is 5.75 Å². The summed E-state index contributed by atoms with van der Waals surface area (Å²) in [5, 5.41) is 19.9. The van der Waals surface area contributed by atoms with Crippen LogP contribution in [0.25, 0.3) is 0 Å². The molecule has 0 bridgehead atoms. The normalized spacial score (nSPS) is 10.6. The zero-order chi connectivity index (χ0) is 15.4. The van der Waals surface area contributed by atoms with E-state index in [0.29, 0.717) is 17.5 Å². The van der Waals surface area contributed by atoms with Crippen LogP contribution in [-0.2, 0) is 5.75 Å². The van der Waals surface area contributed by atoms with Gasteiger partial charge in [0.05, 0.1) is 12.9 Å². The third-order valence-corrected chi connectivity index (χ3v) is 4.59. The average molecular weight is 335 g/mol. The number of nitrogens with one attached hydrogen (secondary N) is 1. The summed E-state index contributed by atoms with van der Waals surface area (Å²) >= 11 is 2.99. The van der Waals surface area contributed by atoms with Crippen LogP contribution < -0.4 is 10.1 Å². The van der Waals surface area contributed by atoms with E-state index in [2.05, 4.69) is 25.7 Å². The molecule has 0 radical (unpaired) electrons. The largest absolute Gasteiger partial charge is 0.497 e. The summed E-state index contributed by atoms with van der Waals surface area (Å²) in [6, 6.07) is 7.62. The van der Waals surface area contributed by atoms with Crippen LogP contribution in [-0.4, -0.2) is 27.5 Å². The van der Waals surface area contributed by atoms with Crippen LogP contribution in [0.5, 0.6) is 5.75 Å². The van der Waals surface area contributed by atoms with Crippen molar-refractivity contribution in [3.63, 3.8) is 0 Å². The van der Waals surface area contributed by atoms with Gasteiger partial charge >= 0.3 is 0 Å². The van der Waals surface area contributed by atoms with Crippen molar-refractivity contribution in [2.24, 2.45) is 0 Å². The summed E-state index contributed by atoms with van der Waals surface area (Å²) in [7, 11) is 1.64. The third-order valence-electron chi connectivity index (χ3n) is 2.63. The number of methoxy groups -OCH3 is 1. The molecule has 0 aliphatic carbocycles. The molecule has 7 nitrogen and oxygen atoms in total. The van der Waals surface area contributed by atoms with Crippen molar-refractivity contribution in [1.29, 1.82) is 0 Å². The highest BCUT2D eigenvalue weighted by Gasteiger charge is 2.08. The topological polar surface area (TPSA) is 86.0 Å². The Bertz CT molecular complexity index is 741. The predicted molar refractivity (Wildman–Crippen MR) is 84.8 cm³/mol. The molecule has 0 unspecified atom stereocenters. The first-order valence-corrected chi connectivity index (χ1v) is 8.19. The molecule has 0 saturated carbocycles. The van der Waals surface area contributed by atoms with Crippen LogP contribution in [0, 0.1) is 6.92 Å². The van der Waals surface area contributed by atoms with Gasteiger partial charge in [-0.25, -0.2) is 0 Å². The number of hydrogen-bond donors (Lipinski definition) is 1. The molecular formula is C13H13N5O2S2. The molecule has 0 amide bonds. The molecule has 0 aliphatic heterocycles. The van der Waals surface area contributed by atoms with E-state index in [0.717, 1.165) is 20.9 Å². The van der Waals surface area contributed by atoms with Crippen molar-refractivity contribution in [2.45, 2.75) is 17.0 Å². The van der Waals surface area contributed by atoms with E-state index >= 15 is 0 Å². The Morgan fingerprint density at radius 1 is 1.18 bits per heavy atom. The summed E-state index contributed by atoms with van der Waals surface area (Å²) in [6.07, 6.45) is 0. The maximum absolute atomic E-state index is 5.32. The molecule has 0 spiro atoms. The Hall–Kier alpha value is -2.13. The molecule has 0 aliphatic rings. The van der Waals surface area contributed by atoms with E-state index in [1.807, 2.05) is 24.3 Å². The third kappa shape index (κ3) is 3.74. The fourth-order valence-corrected chi connectivity index (χ4v) is 3.24. The maximum atomic E-state index is 5.32. The monoisotopic (exact) mass is 335 g/mol. The number of aromatic nitrogens is 4. The van der Waals surface area contributed by atoms with Gasteiger partial charge in [0.2, 0.25) is 16.9 Å². The van der Waals surface area contributed by atoms with Crippen LogP contribution in [0.2, 0.25) is 0 Å². The maximum Gasteiger partial charge on any atom is 0.226 e. The predicted octanol–water partition coefficient (Wildman–Crippen LogP) is 3.27. The zero-order valence-corrected chi connectivity index (χ0v) is 13.6. The highest BCUT2D eigenvalue weighted by Crippen LogP contribution is 2.29. The van der Waals surface area contributed by atoms with Gasteiger partial charge < -0.3 is 14.5 Å². The Balaban J connectivity index is 1.58.